The van der Waals surface area contributed by atoms with Gasteiger partial charge in [-0.2, -0.15) is 0 Å². The van der Waals surface area contributed by atoms with Crippen molar-refractivity contribution >= 4 is 23.8 Å². The van der Waals surface area contributed by atoms with Crippen molar-refractivity contribution in [3.8, 4) is 0 Å². The van der Waals surface area contributed by atoms with Gasteiger partial charge in [-0.1, -0.05) is 6.92 Å². The molecule has 0 saturated heterocycles. The molecule has 0 aliphatic carbocycles. The molecule has 110 valence electrons. The zero-order chi connectivity index (χ0) is 15.5. The zero-order valence-electron chi connectivity index (χ0n) is 11.9. The van der Waals surface area contributed by atoms with Crippen LogP contribution in [0.2, 0.25) is 0 Å². The fraction of sp³-hybridized carbons (Fsp3) is 0.571. The van der Waals surface area contributed by atoms with Crippen molar-refractivity contribution in [2.24, 2.45) is 5.92 Å². The molecule has 0 aromatic rings. The standard InChI is InChI=1S/C14H18O6/c1-4-10(8-15)11(9-16)7-12(13(17)19-5-2)14(18)20-6-3/h12H,4-7H2,1-3H3. The van der Waals surface area contributed by atoms with E-state index in [0.717, 1.165) is 0 Å². The van der Waals surface area contributed by atoms with Crippen LogP contribution in [0.3, 0.4) is 0 Å². The number of carbonyl (C=O) groups excluding carboxylic acids is 4. The molecule has 0 heterocycles. The molecule has 6 nitrogen and oxygen atoms in total. The van der Waals surface area contributed by atoms with Crippen LogP contribution in [0.5, 0.6) is 0 Å². The van der Waals surface area contributed by atoms with Crippen LogP contribution < -0.4 is 0 Å². The Morgan fingerprint density at radius 3 is 1.65 bits per heavy atom. The monoisotopic (exact) mass is 282 g/mol. The average Bonchev–Trinajstić information content (AvgIpc) is 2.43. The maximum absolute atomic E-state index is 11.7. The molecule has 0 aromatic carbocycles. The number of ether oxygens (including phenoxy) is 2. The van der Waals surface area contributed by atoms with Crippen LogP contribution >= 0.6 is 0 Å². The fourth-order valence-electron chi connectivity index (χ4n) is 1.53. The molecular weight excluding hydrogens is 264 g/mol. The van der Waals surface area contributed by atoms with E-state index in [1.165, 1.54) is 0 Å². The normalized spacial score (nSPS) is 9.40. The topological polar surface area (TPSA) is 86.7 Å². The Labute approximate surface area is 117 Å². The highest BCUT2D eigenvalue weighted by atomic mass is 16.6. The van der Waals surface area contributed by atoms with E-state index in [-0.39, 0.29) is 37.2 Å². The van der Waals surface area contributed by atoms with E-state index in [2.05, 4.69) is 0 Å². The van der Waals surface area contributed by atoms with Gasteiger partial charge in [-0.3, -0.25) is 9.59 Å². The summed E-state index contributed by atoms with van der Waals surface area (Å²) in [5.74, 6) is 0.333. The summed E-state index contributed by atoms with van der Waals surface area (Å²) in [6.07, 6.45) is -0.0218. The van der Waals surface area contributed by atoms with E-state index in [9.17, 15) is 19.2 Å². The number of hydrogen-bond donors (Lipinski definition) is 0. The fourth-order valence-corrected chi connectivity index (χ4v) is 1.53. The van der Waals surface area contributed by atoms with Crippen molar-refractivity contribution < 1.29 is 28.7 Å². The lowest BCUT2D eigenvalue weighted by Gasteiger charge is -2.14. The smallest absolute Gasteiger partial charge is 0.320 e. The van der Waals surface area contributed by atoms with Crippen LogP contribution in [0.4, 0.5) is 0 Å². The van der Waals surface area contributed by atoms with Gasteiger partial charge in [0, 0.05) is 12.0 Å². The Kier molecular flexibility index (Phi) is 8.68. The highest BCUT2D eigenvalue weighted by Gasteiger charge is 2.31. The minimum atomic E-state index is -1.28. The number of rotatable bonds is 8. The first-order chi connectivity index (χ1) is 9.55. The molecule has 0 unspecified atom stereocenters. The SMILES string of the molecule is CCOC(=O)C(CC(=C=O)C(=C=O)CC)C(=O)OCC. The molecule has 0 amide bonds. The van der Waals surface area contributed by atoms with E-state index in [4.69, 9.17) is 9.47 Å². The van der Waals surface area contributed by atoms with Crippen molar-refractivity contribution in [2.75, 3.05) is 13.2 Å². The summed E-state index contributed by atoms with van der Waals surface area (Å²) in [6.45, 7) is 5.04. The average molecular weight is 282 g/mol. The number of esters is 2. The van der Waals surface area contributed by atoms with Crippen LogP contribution in [-0.4, -0.2) is 37.0 Å². The van der Waals surface area contributed by atoms with Crippen molar-refractivity contribution in [2.45, 2.75) is 33.6 Å². The van der Waals surface area contributed by atoms with Gasteiger partial charge in [0.15, 0.2) is 5.92 Å². The van der Waals surface area contributed by atoms with Crippen molar-refractivity contribution in [1.29, 1.82) is 0 Å². The van der Waals surface area contributed by atoms with Gasteiger partial charge < -0.3 is 9.47 Å². The Morgan fingerprint density at radius 1 is 0.900 bits per heavy atom. The molecule has 20 heavy (non-hydrogen) atoms. The first-order valence-electron chi connectivity index (χ1n) is 6.37. The molecule has 0 spiro atoms. The van der Waals surface area contributed by atoms with Crippen LogP contribution in [0.1, 0.15) is 33.6 Å². The van der Waals surface area contributed by atoms with Gasteiger partial charge in [0.25, 0.3) is 0 Å². The lowest BCUT2D eigenvalue weighted by molar-refractivity contribution is -0.161. The molecule has 0 aliphatic rings. The zero-order valence-corrected chi connectivity index (χ0v) is 11.9. The molecular formula is C14H18O6. The lowest BCUT2D eigenvalue weighted by Crippen LogP contribution is -2.29. The van der Waals surface area contributed by atoms with Gasteiger partial charge in [0.05, 0.1) is 18.8 Å². The predicted octanol–water partition coefficient (Wildman–Crippen LogP) is 1.04. The Balaban J connectivity index is 5.24. The van der Waals surface area contributed by atoms with Crippen molar-refractivity contribution in [3.63, 3.8) is 0 Å². The third kappa shape index (κ3) is 5.22. The van der Waals surface area contributed by atoms with E-state index in [1.54, 1.807) is 32.7 Å². The Bertz CT molecular complexity index is 434. The summed E-state index contributed by atoms with van der Waals surface area (Å²) < 4.78 is 9.55. The van der Waals surface area contributed by atoms with Crippen LogP contribution in [-0.2, 0) is 28.7 Å². The predicted molar refractivity (Wildman–Crippen MR) is 70.1 cm³/mol. The highest BCUT2D eigenvalue weighted by molar-refractivity contribution is 5.96. The Hall–Kier alpha value is -2.16. The van der Waals surface area contributed by atoms with E-state index >= 15 is 0 Å². The summed E-state index contributed by atoms with van der Waals surface area (Å²) in [7, 11) is 0. The molecule has 0 saturated carbocycles. The number of allylic oxidation sites excluding steroid dienone is 2. The highest BCUT2D eigenvalue weighted by Crippen LogP contribution is 2.20. The lowest BCUT2D eigenvalue weighted by atomic mass is 9.94. The van der Waals surface area contributed by atoms with Gasteiger partial charge in [-0.05, 0) is 20.3 Å². The second kappa shape index (κ2) is 9.73. The van der Waals surface area contributed by atoms with Gasteiger partial charge >= 0.3 is 11.9 Å². The van der Waals surface area contributed by atoms with Gasteiger partial charge in [0.1, 0.15) is 11.9 Å². The van der Waals surface area contributed by atoms with Gasteiger partial charge in [-0.25, -0.2) is 9.59 Å². The number of hydrogen-bond acceptors (Lipinski definition) is 6. The quantitative estimate of drug-likeness (QED) is 0.286. The van der Waals surface area contributed by atoms with E-state index in [1.807, 2.05) is 0 Å². The first kappa shape index (κ1) is 17.8. The molecule has 0 aliphatic heterocycles. The summed E-state index contributed by atoms with van der Waals surface area (Å²) >= 11 is 0. The Morgan fingerprint density at radius 2 is 1.35 bits per heavy atom. The van der Waals surface area contributed by atoms with Gasteiger partial charge in [0.2, 0.25) is 0 Å². The molecule has 0 bridgehead atoms. The summed E-state index contributed by atoms with van der Waals surface area (Å²) in [5.41, 5.74) is 0.0206. The third-order valence-electron chi connectivity index (χ3n) is 2.51. The van der Waals surface area contributed by atoms with Crippen LogP contribution in [0.15, 0.2) is 11.1 Å². The minimum absolute atomic E-state index is 0.0615. The molecule has 6 heteroatoms. The van der Waals surface area contributed by atoms with E-state index in [0.29, 0.717) is 0 Å². The summed E-state index contributed by atoms with van der Waals surface area (Å²) in [5, 5.41) is 0. The second-order valence-corrected chi connectivity index (χ2v) is 3.78. The van der Waals surface area contributed by atoms with Crippen molar-refractivity contribution in [3.05, 3.63) is 11.1 Å². The largest absolute Gasteiger partial charge is 0.465 e. The second-order valence-electron chi connectivity index (χ2n) is 3.78. The molecule has 0 N–H and O–H groups in total. The summed E-state index contributed by atoms with van der Waals surface area (Å²) in [4.78, 5) is 45.1. The third-order valence-corrected chi connectivity index (χ3v) is 2.51. The van der Waals surface area contributed by atoms with Crippen LogP contribution in [0.25, 0.3) is 0 Å². The maximum atomic E-state index is 11.7. The van der Waals surface area contributed by atoms with Gasteiger partial charge in [-0.15, -0.1) is 0 Å². The summed E-state index contributed by atoms with van der Waals surface area (Å²) in [6, 6.07) is 0. The molecule has 0 radical (unpaired) electrons. The molecule has 0 fully saturated rings. The maximum Gasteiger partial charge on any atom is 0.320 e. The molecule has 0 aromatic heterocycles. The molecule has 0 atom stereocenters. The minimum Gasteiger partial charge on any atom is -0.465 e. The molecule has 0 rings (SSSR count). The van der Waals surface area contributed by atoms with E-state index < -0.39 is 17.9 Å². The number of carbonyl (C=O) groups is 2. The van der Waals surface area contributed by atoms with Crippen molar-refractivity contribution in [1.82, 2.24) is 0 Å². The first-order valence-corrected chi connectivity index (χ1v) is 6.37. The van der Waals surface area contributed by atoms with Crippen LogP contribution in [0, 0.1) is 5.92 Å².